The highest BCUT2D eigenvalue weighted by Gasteiger charge is 2.33. The van der Waals surface area contributed by atoms with Crippen molar-refractivity contribution in [3.8, 4) is 0 Å². The molecule has 4 heterocycles. The summed E-state index contributed by atoms with van der Waals surface area (Å²) in [6.07, 6.45) is 5.86. The van der Waals surface area contributed by atoms with Crippen LogP contribution in [0.25, 0.3) is 5.65 Å². The fraction of sp³-hybridized carbons (Fsp3) is 0.533. The van der Waals surface area contributed by atoms with Crippen molar-refractivity contribution in [2.45, 2.75) is 78.0 Å². The number of aryl methyl sites for hydroxylation is 2. The second-order valence-electron chi connectivity index (χ2n) is 12.6. The molecule has 2 fully saturated rings. The fourth-order valence-corrected chi connectivity index (χ4v) is 6.38. The Morgan fingerprint density at radius 3 is 2.56 bits per heavy atom. The first-order chi connectivity index (χ1) is 20.2. The first kappa shape index (κ1) is 30.6. The summed E-state index contributed by atoms with van der Waals surface area (Å²) >= 11 is 0. The number of ether oxygens (including phenoxy) is 1. The summed E-state index contributed by atoms with van der Waals surface area (Å²) in [5.74, 6) is 0.583. The summed E-state index contributed by atoms with van der Waals surface area (Å²) in [4.78, 5) is 35.0. The average molecular weight is 612 g/mol. The SMILES string of the molecule is Cc1ccc(NS(C)(=O)=O)c(C(=O)N2CCCCC2c2cn3nc(N4CCC(NC(=O)OC(C)(C)C)C4)c(C)cc3n2)c1. The molecule has 3 aromatic rings. The van der Waals surface area contributed by atoms with Gasteiger partial charge in [-0.3, -0.25) is 9.52 Å². The van der Waals surface area contributed by atoms with Crippen LogP contribution in [0.5, 0.6) is 0 Å². The van der Waals surface area contributed by atoms with E-state index in [-0.39, 0.29) is 23.7 Å². The Bertz CT molecular complexity index is 1650. The van der Waals surface area contributed by atoms with Crippen molar-refractivity contribution < 1.29 is 22.7 Å². The van der Waals surface area contributed by atoms with Crippen LogP contribution in [0.3, 0.4) is 0 Å². The second-order valence-corrected chi connectivity index (χ2v) is 14.4. The normalized spacial score (nSPS) is 19.5. The lowest BCUT2D eigenvalue weighted by atomic mass is 9.98. The van der Waals surface area contributed by atoms with Crippen molar-refractivity contribution >= 4 is 39.2 Å². The van der Waals surface area contributed by atoms with Crippen molar-refractivity contribution in [3.63, 3.8) is 0 Å². The smallest absolute Gasteiger partial charge is 0.407 e. The van der Waals surface area contributed by atoms with Gasteiger partial charge in [0.1, 0.15) is 5.60 Å². The van der Waals surface area contributed by atoms with Gasteiger partial charge in [-0.2, -0.15) is 0 Å². The number of amides is 2. The maximum atomic E-state index is 13.9. The summed E-state index contributed by atoms with van der Waals surface area (Å²) in [5, 5.41) is 7.86. The van der Waals surface area contributed by atoms with Crippen molar-refractivity contribution in [2.24, 2.45) is 0 Å². The van der Waals surface area contributed by atoms with Crippen LogP contribution < -0.4 is 14.9 Å². The van der Waals surface area contributed by atoms with Gasteiger partial charge in [0.05, 0.1) is 41.5 Å². The number of anilines is 2. The van der Waals surface area contributed by atoms with Gasteiger partial charge in [-0.25, -0.2) is 22.7 Å². The second kappa shape index (κ2) is 11.7. The molecule has 0 bridgehead atoms. The molecule has 43 heavy (non-hydrogen) atoms. The molecular formula is C30H41N7O5S. The number of nitrogens with one attached hydrogen (secondary N) is 2. The van der Waals surface area contributed by atoms with E-state index in [9.17, 15) is 18.0 Å². The minimum Gasteiger partial charge on any atom is -0.444 e. The molecule has 12 nitrogen and oxygen atoms in total. The van der Waals surface area contributed by atoms with Crippen molar-refractivity contribution in [2.75, 3.05) is 35.5 Å². The number of nitrogens with zero attached hydrogens (tertiary/aromatic N) is 5. The number of piperidine rings is 1. The third-order valence-corrected chi connectivity index (χ3v) is 8.24. The maximum Gasteiger partial charge on any atom is 0.407 e. The summed E-state index contributed by atoms with van der Waals surface area (Å²) < 4.78 is 33.7. The minimum atomic E-state index is -3.57. The van der Waals surface area contributed by atoms with E-state index >= 15 is 0 Å². The monoisotopic (exact) mass is 611 g/mol. The number of hydrogen-bond donors (Lipinski definition) is 2. The first-order valence-electron chi connectivity index (χ1n) is 14.7. The highest BCUT2D eigenvalue weighted by molar-refractivity contribution is 7.92. The Morgan fingerprint density at radius 2 is 1.84 bits per heavy atom. The van der Waals surface area contributed by atoms with Crippen LogP contribution in [-0.4, -0.2) is 77.4 Å². The zero-order chi connectivity index (χ0) is 31.1. The van der Waals surface area contributed by atoms with Crippen LogP contribution in [0.1, 0.15) is 79.7 Å². The van der Waals surface area contributed by atoms with E-state index in [4.69, 9.17) is 14.8 Å². The van der Waals surface area contributed by atoms with Crippen molar-refractivity contribution in [1.29, 1.82) is 0 Å². The summed E-state index contributed by atoms with van der Waals surface area (Å²) in [6, 6.07) is 6.81. The van der Waals surface area contributed by atoms with Gasteiger partial charge in [-0.15, -0.1) is 5.10 Å². The number of alkyl carbamates (subject to hydrolysis) is 1. The predicted molar refractivity (Wildman–Crippen MR) is 165 cm³/mol. The quantitative estimate of drug-likeness (QED) is 0.423. The average Bonchev–Trinajstić information content (AvgIpc) is 3.53. The third kappa shape index (κ3) is 7.20. The van der Waals surface area contributed by atoms with E-state index in [0.29, 0.717) is 24.3 Å². The third-order valence-electron chi connectivity index (χ3n) is 7.65. The van der Waals surface area contributed by atoms with Crippen molar-refractivity contribution in [3.05, 3.63) is 52.8 Å². The molecule has 0 radical (unpaired) electrons. The molecule has 2 aliphatic rings. The predicted octanol–water partition coefficient (Wildman–Crippen LogP) is 4.19. The number of rotatable bonds is 6. The molecule has 0 aliphatic carbocycles. The molecule has 13 heteroatoms. The van der Waals surface area contributed by atoms with Crippen LogP contribution >= 0.6 is 0 Å². The molecule has 1 aromatic carbocycles. The standard InChI is InChI=1S/C30H41N7O5S/c1-19-10-11-23(34-43(6,40)41)22(15-19)28(38)36-13-8-7-9-25(36)24-18-37-26(32-24)16-20(2)27(33-37)35-14-12-21(17-35)31-29(39)42-30(3,4)5/h10-11,15-16,18,21,25,34H,7-9,12-14,17H2,1-6H3,(H,31,39). The molecule has 0 spiro atoms. The van der Waals surface area contributed by atoms with Gasteiger partial charge in [0, 0.05) is 19.6 Å². The summed E-state index contributed by atoms with van der Waals surface area (Å²) in [5.41, 5.74) is 3.29. The number of fused-ring (bicyclic) bond motifs is 1. The lowest BCUT2D eigenvalue weighted by Gasteiger charge is -2.35. The number of hydrogen-bond acceptors (Lipinski definition) is 8. The molecule has 5 rings (SSSR count). The summed E-state index contributed by atoms with van der Waals surface area (Å²) in [6.45, 7) is 11.3. The molecule has 2 atom stereocenters. The molecule has 2 N–H and O–H groups in total. The van der Waals surface area contributed by atoms with Gasteiger partial charge < -0.3 is 19.9 Å². The van der Waals surface area contributed by atoms with Gasteiger partial charge in [0.2, 0.25) is 10.0 Å². The number of carbonyl (C=O) groups excluding carboxylic acids is 2. The molecule has 0 saturated carbocycles. The van der Waals surface area contributed by atoms with Crippen LogP contribution in [0.2, 0.25) is 0 Å². The Morgan fingerprint density at radius 1 is 1.07 bits per heavy atom. The van der Waals surface area contributed by atoms with Crippen LogP contribution in [-0.2, 0) is 14.8 Å². The van der Waals surface area contributed by atoms with E-state index in [1.165, 1.54) is 0 Å². The Balaban J connectivity index is 1.38. The molecule has 2 aromatic heterocycles. The number of aromatic nitrogens is 3. The summed E-state index contributed by atoms with van der Waals surface area (Å²) in [7, 11) is -3.57. The van der Waals surface area contributed by atoms with E-state index in [1.54, 1.807) is 27.6 Å². The fourth-order valence-electron chi connectivity index (χ4n) is 5.80. The molecule has 2 unspecified atom stereocenters. The Labute approximate surface area is 252 Å². The number of sulfonamides is 1. The van der Waals surface area contributed by atoms with E-state index in [0.717, 1.165) is 61.1 Å². The molecule has 232 valence electrons. The zero-order valence-electron chi connectivity index (χ0n) is 25.7. The topological polar surface area (TPSA) is 138 Å². The van der Waals surface area contributed by atoms with E-state index in [2.05, 4.69) is 14.9 Å². The highest BCUT2D eigenvalue weighted by Crippen LogP contribution is 2.34. The van der Waals surface area contributed by atoms with Gasteiger partial charge in [0.25, 0.3) is 5.91 Å². The molecule has 2 saturated heterocycles. The van der Waals surface area contributed by atoms with Crippen molar-refractivity contribution in [1.82, 2.24) is 24.8 Å². The van der Waals surface area contributed by atoms with Crippen LogP contribution in [0.4, 0.5) is 16.3 Å². The van der Waals surface area contributed by atoms with E-state index < -0.39 is 21.7 Å². The number of likely N-dealkylation sites (tertiary alicyclic amines) is 1. The maximum absolute atomic E-state index is 13.9. The highest BCUT2D eigenvalue weighted by atomic mass is 32.2. The largest absolute Gasteiger partial charge is 0.444 e. The number of benzene rings is 1. The molecular weight excluding hydrogens is 570 g/mol. The number of imidazole rings is 1. The lowest BCUT2D eigenvalue weighted by Crippen LogP contribution is -2.40. The number of carbonyl (C=O) groups is 2. The Kier molecular flexibility index (Phi) is 8.30. The van der Waals surface area contributed by atoms with Gasteiger partial charge in [-0.05, 0) is 84.1 Å². The Hall–Kier alpha value is -3.87. The lowest BCUT2D eigenvalue weighted by molar-refractivity contribution is 0.0508. The van der Waals surface area contributed by atoms with Crippen LogP contribution in [0.15, 0.2) is 30.5 Å². The molecule has 2 amide bonds. The van der Waals surface area contributed by atoms with Gasteiger partial charge in [-0.1, -0.05) is 11.6 Å². The minimum absolute atomic E-state index is 0.0457. The van der Waals surface area contributed by atoms with Gasteiger partial charge >= 0.3 is 6.09 Å². The van der Waals surface area contributed by atoms with E-state index in [1.807, 2.05) is 46.9 Å². The first-order valence-corrected chi connectivity index (χ1v) is 16.6. The van der Waals surface area contributed by atoms with Gasteiger partial charge in [0.15, 0.2) is 11.5 Å². The zero-order valence-corrected chi connectivity index (χ0v) is 26.5. The van der Waals surface area contributed by atoms with Crippen LogP contribution in [0, 0.1) is 13.8 Å². The molecule has 2 aliphatic heterocycles.